The lowest BCUT2D eigenvalue weighted by molar-refractivity contribution is 0.459. The molecule has 2 N–H and O–H groups in total. The molecule has 0 amide bonds. The zero-order valence-electron chi connectivity index (χ0n) is 14.3. The molecule has 4 rings (SSSR count). The van der Waals surface area contributed by atoms with Gasteiger partial charge in [0, 0.05) is 39.8 Å². The lowest BCUT2D eigenvalue weighted by atomic mass is 9.94. The van der Waals surface area contributed by atoms with Gasteiger partial charge in [-0.1, -0.05) is 45.4 Å². The molecule has 0 aliphatic carbocycles. The van der Waals surface area contributed by atoms with Gasteiger partial charge in [-0.2, -0.15) is 5.26 Å². The van der Waals surface area contributed by atoms with E-state index in [0.29, 0.717) is 12.0 Å². The Hall–Kier alpha value is -3.01. The summed E-state index contributed by atoms with van der Waals surface area (Å²) in [5.74, 6) is 0. The van der Waals surface area contributed by atoms with E-state index < -0.39 is 0 Å². The number of benzene rings is 2. The topological polar surface area (TPSA) is 88.7 Å². The Bertz CT molecular complexity index is 1150. The summed E-state index contributed by atoms with van der Waals surface area (Å²) in [6.07, 6.45) is 2.13. The maximum absolute atomic E-state index is 8.90. The normalized spacial score (nSPS) is 12.0. The van der Waals surface area contributed by atoms with Crippen molar-refractivity contribution in [2.75, 3.05) is 0 Å². The Labute approximate surface area is 164 Å². The fraction of sp³-hybridized carbons (Fsp3) is 0.0952. The minimum atomic E-state index is -0.260. The van der Waals surface area contributed by atoms with Crippen molar-refractivity contribution in [3.05, 3.63) is 82.1 Å². The molecule has 132 valence electrons. The van der Waals surface area contributed by atoms with Gasteiger partial charge in [-0.25, -0.2) is 0 Å². The van der Waals surface area contributed by atoms with Gasteiger partial charge in [-0.3, -0.25) is 4.98 Å². The first kappa shape index (κ1) is 17.4. The van der Waals surface area contributed by atoms with E-state index in [1.807, 2.05) is 48.5 Å². The lowest BCUT2D eigenvalue weighted by Crippen LogP contribution is -2.15. The molecule has 2 heterocycles. The maximum Gasteiger partial charge on any atom is 0.168 e. The van der Waals surface area contributed by atoms with Crippen LogP contribution < -0.4 is 5.73 Å². The number of hydrogen-bond acceptors (Lipinski definition) is 5. The van der Waals surface area contributed by atoms with Crippen LogP contribution in [0.4, 0.5) is 0 Å². The van der Waals surface area contributed by atoms with E-state index in [-0.39, 0.29) is 6.04 Å². The second-order valence-corrected chi connectivity index (χ2v) is 7.14. The molecule has 0 saturated carbocycles. The summed E-state index contributed by atoms with van der Waals surface area (Å²) in [5.41, 5.74) is 11.3. The third-order valence-corrected chi connectivity index (χ3v) is 4.93. The van der Waals surface area contributed by atoms with Crippen molar-refractivity contribution < 1.29 is 4.52 Å². The summed E-state index contributed by atoms with van der Waals surface area (Å²) in [5, 5.41) is 14.1. The molecule has 0 bridgehead atoms. The number of halogens is 1. The van der Waals surface area contributed by atoms with Gasteiger partial charge in [0.05, 0.1) is 5.56 Å². The van der Waals surface area contributed by atoms with E-state index >= 15 is 0 Å². The van der Waals surface area contributed by atoms with Gasteiger partial charge in [0.15, 0.2) is 5.58 Å². The van der Waals surface area contributed by atoms with E-state index in [2.05, 4.69) is 32.1 Å². The van der Waals surface area contributed by atoms with E-state index in [1.54, 1.807) is 12.3 Å². The quantitative estimate of drug-likeness (QED) is 0.515. The molecule has 5 nitrogen and oxygen atoms in total. The zero-order chi connectivity index (χ0) is 18.8. The SMILES string of the molecule is N#Cc1ccc(CC(N)c2ccccc2-c2noc3cc(Br)ccc23)nc1. The van der Waals surface area contributed by atoms with E-state index in [0.717, 1.165) is 38.0 Å². The fourth-order valence-corrected chi connectivity index (χ4v) is 3.43. The fourth-order valence-electron chi connectivity index (χ4n) is 3.09. The number of pyridine rings is 1. The number of fused-ring (bicyclic) bond motifs is 1. The molecule has 0 aliphatic rings. The Kier molecular flexibility index (Phi) is 4.71. The first-order chi connectivity index (χ1) is 13.2. The van der Waals surface area contributed by atoms with Gasteiger partial charge in [0.25, 0.3) is 0 Å². The molecule has 0 fully saturated rings. The molecular weight excluding hydrogens is 404 g/mol. The van der Waals surface area contributed by atoms with Crippen LogP contribution in [-0.2, 0) is 6.42 Å². The molecule has 0 spiro atoms. The molecule has 0 saturated heterocycles. The molecule has 27 heavy (non-hydrogen) atoms. The van der Waals surface area contributed by atoms with Crippen LogP contribution in [0.3, 0.4) is 0 Å². The van der Waals surface area contributed by atoms with Gasteiger partial charge in [0.1, 0.15) is 11.8 Å². The largest absolute Gasteiger partial charge is 0.356 e. The van der Waals surface area contributed by atoms with Crippen LogP contribution in [-0.4, -0.2) is 10.1 Å². The average molecular weight is 419 g/mol. The molecule has 2 aromatic heterocycles. The molecule has 0 radical (unpaired) electrons. The standard InChI is InChI=1S/C21H15BrN4O/c22-14-6-8-18-20(9-14)27-26-21(18)17-4-2-1-3-16(17)19(24)10-15-7-5-13(11-23)12-25-15/h1-9,12,19H,10,24H2. The van der Waals surface area contributed by atoms with Crippen molar-refractivity contribution in [2.24, 2.45) is 5.73 Å². The number of nitrogens with two attached hydrogens (primary N) is 1. The van der Waals surface area contributed by atoms with Crippen LogP contribution in [0, 0.1) is 11.3 Å². The number of nitriles is 1. The third-order valence-electron chi connectivity index (χ3n) is 4.43. The maximum atomic E-state index is 8.90. The number of aromatic nitrogens is 2. The number of nitrogens with zero attached hydrogens (tertiary/aromatic N) is 3. The summed E-state index contributed by atoms with van der Waals surface area (Å²) in [6, 6.07) is 19.2. The Morgan fingerprint density at radius 2 is 2.00 bits per heavy atom. The Balaban J connectivity index is 1.70. The summed E-state index contributed by atoms with van der Waals surface area (Å²) in [6.45, 7) is 0. The second kappa shape index (κ2) is 7.31. The summed E-state index contributed by atoms with van der Waals surface area (Å²) < 4.78 is 6.44. The van der Waals surface area contributed by atoms with Crippen LogP contribution in [0.25, 0.3) is 22.2 Å². The highest BCUT2D eigenvalue weighted by molar-refractivity contribution is 9.10. The summed E-state index contributed by atoms with van der Waals surface area (Å²) in [7, 11) is 0. The van der Waals surface area contributed by atoms with Crippen molar-refractivity contribution in [2.45, 2.75) is 12.5 Å². The highest BCUT2D eigenvalue weighted by Gasteiger charge is 2.18. The minimum absolute atomic E-state index is 0.260. The first-order valence-electron chi connectivity index (χ1n) is 8.40. The molecule has 0 aliphatic heterocycles. The average Bonchev–Trinajstić information content (AvgIpc) is 3.11. The second-order valence-electron chi connectivity index (χ2n) is 6.22. The predicted molar refractivity (Wildman–Crippen MR) is 107 cm³/mol. The zero-order valence-corrected chi connectivity index (χ0v) is 15.8. The number of rotatable bonds is 4. The van der Waals surface area contributed by atoms with Crippen LogP contribution in [0.15, 0.2) is 69.8 Å². The number of hydrogen-bond donors (Lipinski definition) is 1. The smallest absolute Gasteiger partial charge is 0.168 e. The van der Waals surface area contributed by atoms with E-state index in [9.17, 15) is 0 Å². The van der Waals surface area contributed by atoms with Crippen molar-refractivity contribution in [3.63, 3.8) is 0 Å². The molecule has 2 aromatic carbocycles. The van der Waals surface area contributed by atoms with Crippen LogP contribution in [0.2, 0.25) is 0 Å². The third kappa shape index (κ3) is 3.47. The Morgan fingerprint density at radius 1 is 1.15 bits per heavy atom. The van der Waals surface area contributed by atoms with Gasteiger partial charge in [0.2, 0.25) is 0 Å². The highest BCUT2D eigenvalue weighted by atomic mass is 79.9. The molecule has 4 aromatic rings. The minimum Gasteiger partial charge on any atom is -0.356 e. The summed E-state index contributed by atoms with van der Waals surface area (Å²) >= 11 is 3.45. The monoisotopic (exact) mass is 418 g/mol. The van der Waals surface area contributed by atoms with Gasteiger partial charge < -0.3 is 10.3 Å². The lowest BCUT2D eigenvalue weighted by Gasteiger charge is -2.15. The van der Waals surface area contributed by atoms with Gasteiger partial charge >= 0.3 is 0 Å². The molecule has 6 heteroatoms. The van der Waals surface area contributed by atoms with Gasteiger partial charge in [-0.05, 0) is 35.9 Å². The van der Waals surface area contributed by atoms with Crippen molar-refractivity contribution in [3.8, 4) is 17.3 Å². The van der Waals surface area contributed by atoms with Crippen molar-refractivity contribution in [1.82, 2.24) is 10.1 Å². The molecule has 1 unspecified atom stereocenters. The van der Waals surface area contributed by atoms with E-state index in [1.165, 1.54) is 0 Å². The highest BCUT2D eigenvalue weighted by Crippen LogP contribution is 2.34. The van der Waals surface area contributed by atoms with Crippen molar-refractivity contribution in [1.29, 1.82) is 5.26 Å². The predicted octanol–water partition coefficient (Wildman–Crippen LogP) is 4.77. The molecular formula is C21H15BrN4O. The van der Waals surface area contributed by atoms with Crippen molar-refractivity contribution >= 4 is 26.9 Å². The van der Waals surface area contributed by atoms with E-state index in [4.69, 9.17) is 15.5 Å². The van der Waals surface area contributed by atoms with Crippen LogP contribution >= 0.6 is 15.9 Å². The molecule has 1 atom stereocenters. The van der Waals surface area contributed by atoms with Crippen LogP contribution in [0.5, 0.6) is 0 Å². The van der Waals surface area contributed by atoms with Crippen LogP contribution in [0.1, 0.15) is 22.9 Å². The first-order valence-corrected chi connectivity index (χ1v) is 9.20. The summed E-state index contributed by atoms with van der Waals surface area (Å²) in [4.78, 5) is 4.33. The Morgan fingerprint density at radius 3 is 2.78 bits per heavy atom. The van der Waals surface area contributed by atoms with Gasteiger partial charge in [-0.15, -0.1) is 0 Å².